The van der Waals surface area contributed by atoms with Gasteiger partial charge in [-0.3, -0.25) is 4.21 Å². The zero-order valence-corrected chi connectivity index (χ0v) is 14.3. The molecule has 0 aromatic heterocycles. The molecule has 0 spiro atoms. The highest BCUT2D eigenvalue weighted by Gasteiger charge is 2.23. The van der Waals surface area contributed by atoms with Crippen LogP contribution in [0.4, 0.5) is 5.69 Å². The van der Waals surface area contributed by atoms with Crippen LogP contribution in [0.3, 0.4) is 0 Å². The molecule has 0 bridgehead atoms. The van der Waals surface area contributed by atoms with E-state index in [1.807, 2.05) is 0 Å². The number of hydrogen-bond acceptors (Lipinski definition) is 5. The minimum atomic E-state index is -3.74. The summed E-state index contributed by atoms with van der Waals surface area (Å²) in [5, 5.41) is 0. The van der Waals surface area contributed by atoms with E-state index in [-0.39, 0.29) is 16.7 Å². The Kier molecular flexibility index (Phi) is 6.18. The number of sulfonamides is 1. The van der Waals surface area contributed by atoms with E-state index in [9.17, 15) is 12.6 Å². The lowest BCUT2D eigenvalue weighted by Gasteiger charge is -2.16. The van der Waals surface area contributed by atoms with E-state index in [2.05, 4.69) is 4.72 Å². The summed E-state index contributed by atoms with van der Waals surface area (Å²) in [4.78, 5) is 0.0116. The van der Waals surface area contributed by atoms with Gasteiger partial charge in [0, 0.05) is 34.5 Å². The van der Waals surface area contributed by atoms with Crippen LogP contribution in [0, 0.1) is 6.92 Å². The van der Waals surface area contributed by atoms with Gasteiger partial charge in [-0.25, -0.2) is 13.1 Å². The second-order valence-corrected chi connectivity index (χ2v) is 8.19. The molecular weight excluding hydrogens is 312 g/mol. The number of benzene rings is 1. The van der Waals surface area contributed by atoms with Crippen LogP contribution in [0.1, 0.15) is 18.9 Å². The third-order valence-corrected chi connectivity index (χ3v) is 5.46. The van der Waals surface area contributed by atoms with Gasteiger partial charge in [-0.05, 0) is 38.0 Å². The molecule has 1 rings (SSSR count). The van der Waals surface area contributed by atoms with Gasteiger partial charge < -0.3 is 10.5 Å². The fraction of sp³-hybridized carbons (Fsp3) is 0.538. The van der Waals surface area contributed by atoms with Crippen LogP contribution in [-0.2, 0) is 20.8 Å². The molecule has 120 valence electrons. The second-order valence-electron chi connectivity index (χ2n) is 4.95. The zero-order chi connectivity index (χ0) is 16.2. The summed E-state index contributed by atoms with van der Waals surface area (Å²) in [5.74, 6) is 0.692. The fourth-order valence-corrected chi connectivity index (χ4v) is 3.93. The van der Waals surface area contributed by atoms with Crippen LogP contribution < -0.4 is 15.2 Å². The Bertz CT molecular complexity index is 629. The highest BCUT2D eigenvalue weighted by molar-refractivity contribution is 7.89. The van der Waals surface area contributed by atoms with Crippen LogP contribution in [0.25, 0.3) is 0 Å². The topological polar surface area (TPSA) is 98.5 Å². The number of ether oxygens (including phenoxy) is 1. The van der Waals surface area contributed by atoms with Crippen LogP contribution in [0.2, 0.25) is 0 Å². The summed E-state index contributed by atoms with van der Waals surface area (Å²) in [5.41, 5.74) is 6.92. The number of nitrogens with one attached hydrogen (secondary N) is 1. The molecule has 0 amide bonds. The number of hydrogen-bond donors (Lipinski definition) is 2. The van der Waals surface area contributed by atoms with Gasteiger partial charge in [0.15, 0.2) is 0 Å². The molecular formula is C13H22N2O4S2. The molecule has 3 N–H and O–H groups in total. The van der Waals surface area contributed by atoms with E-state index in [1.165, 1.54) is 13.2 Å². The smallest absolute Gasteiger partial charge is 0.244 e. The quantitative estimate of drug-likeness (QED) is 0.726. The molecule has 21 heavy (non-hydrogen) atoms. The monoisotopic (exact) mass is 334 g/mol. The van der Waals surface area contributed by atoms with Crippen LogP contribution in [0.5, 0.6) is 5.75 Å². The first-order valence-corrected chi connectivity index (χ1v) is 9.65. The average Bonchev–Trinajstić information content (AvgIpc) is 2.38. The standard InChI is InChI=1S/C13H22N2O4S2/c1-9-7-12(19-3)13(8-11(9)14)21(17,18)15-10(2)5-6-20(4)16/h7-8,10,15H,5-6,14H2,1-4H3. The van der Waals surface area contributed by atoms with Gasteiger partial charge in [-0.15, -0.1) is 0 Å². The van der Waals surface area contributed by atoms with Crippen molar-refractivity contribution in [2.45, 2.75) is 31.2 Å². The summed E-state index contributed by atoms with van der Waals surface area (Å²) in [6.07, 6.45) is 2.08. The predicted molar refractivity (Wildman–Crippen MR) is 85.5 cm³/mol. The molecule has 0 saturated heterocycles. The summed E-state index contributed by atoms with van der Waals surface area (Å²) in [6, 6.07) is 2.66. The Morgan fingerprint density at radius 1 is 1.43 bits per heavy atom. The van der Waals surface area contributed by atoms with Gasteiger partial charge >= 0.3 is 0 Å². The van der Waals surface area contributed by atoms with E-state index in [0.29, 0.717) is 17.9 Å². The number of nitrogens with two attached hydrogens (primary N) is 1. The van der Waals surface area contributed by atoms with Crippen molar-refractivity contribution in [1.82, 2.24) is 4.72 Å². The van der Waals surface area contributed by atoms with Gasteiger partial charge in [0.25, 0.3) is 0 Å². The van der Waals surface area contributed by atoms with Crippen molar-refractivity contribution >= 4 is 26.5 Å². The Hall–Kier alpha value is -1.12. The molecule has 0 heterocycles. The maximum atomic E-state index is 12.4. The number of rotatable bonds is 7. The van der Waals surface area contributed by atoms with Crippen molar-refractivity contribution < 1.29 is 17.4 Å². The van der Waals surface area contributed by atoms with E-state index in [0.717, 1.165) is 5.56 Å². The third kappa shape index (κ3) is 4.98. The zero-order valence-electron chi connectivity index (χ0n) is 12.7. The molecule has 0 aliphatic heterocycles. The molecule has 0 fully saturated rings. The van der Waals surface area contributed by atoms with E-state index in [1.54, 1.807) is 26.2 Å². The lowest BCUT2D eigenvalue weighted by atomic mass is 10.2. The Balaban J connectivity index is 3.02. The lowest BCUT2D eigenvalue weighted by Crippen LogP contribution is -2.33. The first-order valence-electron chi connectivity index (χ1n) is 6.44. The summed E-state index contributed by atoms with van der Waals surface area (Å²) >= 11 is 0. The second kappa shape index (κ2) is 7.24. The highest BCUT2D eigenvalue weighted by atomic mass is 32.2. The molecule has 8 heteroatoms. The summed E-state index contributed by atoms with van der Waals surface area (Å²) < 4.78 is 43.6. The first kappa shape index (κ1) is 17.9. The minimum absolute atomic E-state index is 0.0116. The van der Waals surface area contributed by atoms with Gasteiger partial charge in [-0.2, -0.15) is 0 Å². The third-order valence-electron chi connectivity index (χ3n) is 3.04. The Morgan fingerprint density at radius 2 is 2.05 bits per heavy atom. The van der Waals surface area contributed by atoms with Gasteiger partial charge in [0.1, 0.15) is 10.6 Å². The van der Waals surface area contributed by atoms with Gasteiger partial charge in [-0.1, -0.05) is 0 Å². The van der Waals surface area contributed by atoms with Crippen molar-refractivity contribution in [3.05, 3.63) is 17.7 Å². The van der Waals surface area contributed by atoms with Crippen LogP contribution >= 0.6 is 0 Å². The summed E-state index contributed by atoms with van der Waals surface area (Å²) in [7, 11) is -3.28. The molecule has 2 unspecified atom stereocenters. The number of anilines is 1. The average molecular weight is 334 g/mol. The Morgan fingerprint density at radius 3 is 2.57 bits per heavy atom. The van der Waals surface area contributed by atoms with E-state index in [4.69, 9.17) is 10.5 Å². The van der Waals surface area contributed by atoms with Crippen molar-refractivity contribution in [3.63, 3.8) is 0 Å². The molecule has 0 aliphatic carbocycles. The molecule has 2 atom stereocenters. The highest BCUT2D eigenvalue weighted by Crippen LogP contribution is 2.28. The van der Waals surface area contributed by atoms with E-state index >= 15 is 0 Å². The molecule has 6 nitrogen and oxygen atoms in total. The van der Waals surface area contributed by atoms with Crippen LogP contribution in [-0.4, -0.2) is 37.8 Å². The van der Waals surface area contributed by atoms with Gasteiger partial charge in [0.2, 0.25) is 10.0 Å². The first-order chi connectivity index (χ1) is 9.67. The fourth-order valence-electron chi connectivity index (χ4n) is 1.78. The normalized spacial score (nSPS) is 14.7. The SMILES string of the molecule is COc1cc(C)c(N)cc1S(=O)(=O)NC(C)CCS(C)=O. The maximum Gasteiger partial charge on any atom is 0.244 e. The molecule has 0 saturated carbocycles. The number of nitrogen functional groups attached to an aromatic ring is 1. The van der Waals surface area contributed by atoms with Crippen molar-refractivity contribution in [1.29, 1.82) is 0 Å². The molecule has 0 radical (unpaired) electrons. The maximum absolute atomic E-state index is 12.4. The van der Waals surface area contributed by atoms with Crippen molar-refractivity contribution in [2.75, 3.05) is 24.9 Å². The Labute approximate surface area is 128 Å². The van der Waals surface area contributed by atoms with E-state index < -0.39 is 20.8 Å². The largest absolute Gasteiger partial charge is 0.495 e. The lowest BCUT2D eigenvalue weighted by molar-refractivity contribution is 0.402. The van der Waals surface area contributed by atoms with Crippen molar-refractivity contribution in [3.8, 4) is 5.75 Å². The molecule has 1 aromatic carbocycles. The van der Waals surface area contributed by atoms with Crippen LogP contribution in [0.15, 0.2) is 17.0 Å². The predicted octanol–water partition coefficient (Wildman–Crippen LogP) is 1.02. The number of aryl methyl sites for hydroxylation is 1. The van der Waals surface area contributed by atoms with Gasteiger partial charge in [0.05, 0.1) is 7.11 Å². The van der Waals surface area contributed by atoms with Crippen molar-refractivity contribution in [2.24, 2.45) is 0 Å². The number of methoxy groups -OCH3 is 1. The molecule has 1 aromatic rings. The minimum Gasteiger partial charge on any atom is -0.495 e. The summed E-state index contributed by atoms with van der Waals surface area (Å²) in [6.45, 7) is 3.51. The molecule has 0 aliphatic rings.